The van der Waals surface area contributed by atoms with Crippen LogP contribution in [-0.2, 0) is 11.3 Å². The lowest BCUT2D eigenvalue weighted by molar-refractivity contribution is -0.128. The van der Waals surface area contributed by atoms with Gasteiger partial charge in [-0.1, -0.05) is 23.7 Å². The van der Waals surface area contributed by atoms with Crippen LogP contribution < -0.4 is 10.1 Å². The molecule has 1 aliphatic heterocycles. The maximum Gasteiger partial charge on any atom is 0.300 e. The standard InChI is InChI=1S/C30H22ClN5O3S/c31-19-3-1-4-20(13-19)34-30-35-22-9-7-21(14-26(22)39-30)38-25-10-11-32-24-15-27(40-29(24)25)23-8-6-18(16-33-23)17-36-12-2-5-28(36)37/h1,3-4,6-11,13-16H,2,5,12,17H2,(H,34,35). The van der Waals surface area contributed by atoms with E-state index >= 15 is 0 Å². The normalized spacial score (nSPS) is 13.4. The third-order valence-corrected chi connectivity index (χ3v) is 8.06. The SMILES string of the molecule is O=C1CCCN1Cc1ccc(-c2cc3nccc(Oc4ccc5nc(Nc6cccc(Cl)c6)oc5c4)c3s2)nc1. The summed E-state index contributed by atoms with van der Waals surface area (Å²) in [7, 11) is 0. The van der Waals surface area contributed by atoms with Gasteiger partial charge in [-0.3, -0.25) is 14.8 Å². The van der Waals surface area contributed by atoms with Crippen molar-refractivity contribution in [2.45, 2.75) is 19.4 Å². The molecule has 0 bridgehead atoms. The number of aromatic nitrogens is 3. The van der Waals surface area contributed by atoms with Gasteiger partial charge in [0.1, 0.15) is 17.0 Å². The number of anilines is 2. The summed E-state index contributed by atoms with van der Waals surface area (Å²) in [6.45, 7) is 1.42. The van der Waals surface area contributed by atoms with E-state index in [1.165, 1.54) is 0 Å². The van der Waals surface area contributed by atoms with Gasteiger partial charge in [-0.2, -0.15) is 4.98 Å². The van der Waals surface area contributed by atoms with E-state index in [0.29, 0.717) is 46.6 Å². The number of nitrogens with zero attached hydrogens (tertiary/aromatic N) is 4. The summed E-state index contributed by atoms with van der Waals surface area (Å²) >= 11 is 7.65. The van der Waals surface area contributed by atoms with E-state index in [-0.39, 0.29) is 5.91 Å². The van der Waals surface area contributed by atoms with Gasteiger partial charge in [0.2, 0.25) is 5.91 Å². The largest absolute Gasteiger partial charge is 0.456 e. The zero-order valence-electron chi connectivity index (χ0n) is 21.1. The minimum atomic E-state index is 0.212. The number of ether oxygens (including phenoxy) is 1. The molecule has 1 aliphatic rings. The Labute approximate surface area is 238 Å². The topological polar surface area (TPSA) is 93.4 Å². The monoisotopic (exact) mass is 567 g/mol. The van der Waals surface area contributed by atoms with Crippen molar-refractivity contribution in [2.24, 2.45) is 0 Å². The molecular formula is C30H22ClN5O3S. The number of benzene rings is 2. The van der Waals surface area contributed by atoms with Gasteiger partial charge in [0, 0.05) is 54.7 Å². The number of carbonyl (C=O) groups excluding carboxylic acids is 1. The van der Waals surface area contributed by atoms with Gasteiger partial charge in [-0.05, 0) is 54.4 Å². The van der Waals surface area contributed by atoms with Crippen molar-refractivity contribution in [3.05, 3.63) is 89.7 Å². The summed E-state index contributed by atoms with van der Waals surface area (Å²) in [5.41, 5.74) is 4.80. The van der Waals surface area contributed by atoms with Crippen LogP contribution in [0, 0.1) is 0 Å². The molecule has 1 N–H and O–H groups in total. The average molecular weight is 568 g/mol. The third kappa shape index (κ3) is 4.97. The first-order valence-electron chi connectivity index (χ1n) is 12.8. The van der Waals surface area contributed by atoms with E-state index in [1.807, 2.05) is 71.8 Å². The summed E-state index contributed by atoms with van der Waals surface area (Å²) in [6, 6.07) is 21.2. The Morgan fingerprint density at radius 3 is 2.83 bits per heavy atom. The third-order valence-electron chi connectivity index (χ3n) is 6.66. The maximum absolute atomic E-state index is 11.9. The van der Waals surface area contributed by atoms with Gasteiger partial charge < -0.3 is 19.4 Å². The van der Waals surface area contributed by atoms with E-state index in [1.54, 1.807) is 23.6 Å². The van der Waals surface area contributed by atoms with Crippen molar-refractivity contribution < 1.29 is 13.9 Å². The molecule has 0 aliphatic carbocycles. The van der Waals surface area contributed by atoms with Crippen molar-refractivity contribution in [2.75, 3.05) is 11.9 Å². The molecule has 6 aromatic rings. The van der Waals surface area contributed by atoms with Crippen molar-refractivity contribution in [3.63, 3.8) is 0 Å². The van der Waals surface area contributed by atoms with Gasteiger partial charge >= 0.3 is 0 Å². The fourth-order valence-electron chi connectivity index (χ4n) is 4.72. The molecule has 40 heavy (non-hydrogen) atoms. The molecule has 1 saturated heterocycles. The summed E-state index contributed by atoms with van der Waals surface area (Å²) in [4.78, 5) is 28.5. The Bertz CT molecular complexity index is 1870. The second-order valence-electron chi connectivity index (χ2n) is 9.49. The predicted octanol–water partition coefficient (Wildman–Crippen LogP) is 7.81. The molecule has 0 spiro atoms. The molecule has 7 rings (SSSR count). The summed E-state index contributed by atoms with van der Waals surface area (Å²) in [6.07, 6.45) is 5.15. The van der Waals surface area contributed by atoms with E-state index < -0.39 is 0 Å². The number of fused-ring (bicyclic) bond motifs is 2. The van der Waals surface area contributed by atoms with Gasteiger partial charge in [0.15, 0.2) is 5.58 Å². The number of pyridine rings is 2. The highest BCUT2D eigenvalue weighted by molar-refractivity contribution is 7.22. The number of halogens is 1. The number of amides is 1. The number of likely N-dealkylation sites (tertiary alicyclic amines) is 1. The highest BCUT2D eigenvalue weighted by Gasteiger charge is 2.20. The predicted molar refractivity (Wildman–Crippen MR) is 156 cm³/mol. The first-order valence-corrected chi connectivity index (χ1v) is 14.0. The van der Waals surface area contributed by atoms with Crippen LogP contribution in [0.1, 0.15) is 18.4 Å². The van der Waals surface area contributed by atoms with Gasteiger partial charge in [-0.15, -0.1) is 11.3 Å². The number of thiophene rings is 1. The van der Waals surface area contributed by atoms with Crippen LogP contribution in [-0.4, -0.2) is 32.3 Å². The minimum Gasteiger partial charge on any atom is -0.456 e. The lowest BCUT2D eigenvalue weighted by atomic mass is 10.2. The molecule has 4 aromatic heterocycles. The van der Waals surface area contributed by atoms with Crippen LogP contribution in [0.2, 0.25) is 5.02 Å². The second-order valence-corrected chi connectivity index (χ2v) is 11.0. The van der Waals surface area contributed by atoms with Crippen LogP contribution in [0.5, 0.6) is 11.5 Å². The van der Waals surface area contributed by atoms with Crippen LogP contribution in [0.15, 0.2) is 83.5 Å². The second kappa shape index (κ2) is 10.3. The number of carbonyl (C=O) groups is 1. The van der Waals surface area contributed by atoms with Gasteiger partial charge in [-0.25, -0.2) is 0 Å². The molecule has 5 heterocycles. The molecule has 8 nitrogen and oxygen atoms in total. The Hall–Kier alpha value is -4.47. The summed E-state index contributed by atoms with van der Waals surface area (Å²) in [5, 5.41) is 3.76. The highest BCUT2D eigenvalue weighted by Crippen LogP contribution is 2.39. The minimum absolute atomic E-state index is 0.212. The molecule has 1 amide bonds. The highest BCUT2D eigenvalue weighted by atomic mass is 35.5. The van der Waals surface area contributed by atoms with Crippen molar-refractivity contribution in [1.29, 1.82) is 0 Å². The van der Waals surface area contributed by atoms with Gasteiger partial charge in [0.25, 0.3) is 6.01 Å². The molecule has 1 fully saturated rings. The Morgan fingerprint density at radius 1 is 1.05 bits per heavy atom. The number of hydrogen-bond acceptors (Lipinski definition) is 8. The maximum atomic E-state index is 11.9. The van der Waals surface area contributed by atoms with Crippen molar-refractivity contribution in [1.82, 2.24) is 19.9 Å². The molecule has 0 atom stereocenters. The van der Waals surface area contributed by atoms with E-state index in [2.05, 4.69) is 20.3 Å². The lowest BCUT2D eigenvalue weighted by Gasteiger charge is -2.15. The molecule has 0 saturated carbocycles. The fourth-order valence-corrected chi connectivity index (χ4v) is 5.95. The molecule has 0 radical (unpaired) electrons. The Kier molecular flexibility index (Phi) is 6.30. The first kappa shape index (κ1) is 24.6. The van der Waals surface area contributed by atoms with Crippen molar-refractivity contribution >= 4 is 61.9 Å². The van der Waals surface area contributed by atoms with Crippen molar-refractivity contribution in [3.8, 4) is 22.1 Å². The summed E-state index contributed by atoms with van der Waals surface area (Å²) < 4.78 is 13.1. The number of rotatable bonds is 7. The fraction of sp³-hybridized carbons (Fsp3) is 0.133. The quantitative estimate of drug-likeness (QED) is 0.210. The number of hydrogen-bond donors (Lipinski definition) is 1. The lowest BCUT2D eigenvalue weighted by Crippen LogP contribution is -2.23. The van der Waals surface area contributed by atoms with Crippen LogP contribution in [0.4, 0.5) is 11.7 Å². The molecule has 198 valence electrons. The molecule has 0 unspecified atom stereocenters. The summed E-state index contributed by atoms with van der Waals surface area (Å²) in [5.74, 6) is 1.53. The molecule has 2 aromatic carbocycles. The zero-order valence-corrected chi connectivity index (χ0v) is 22.7. The molecular weight excluding hydrogens is 546 g/mol. The van der Waals surface area contributed by atoms with Crippen LogP contribution >= 0.6 is 22.9 Å². The zero-order chi connectivity index (χ0) is 27.1. The Morgan fingerprint density at radius 2 is 2.00 bits per heavy atom. The van der Waals surface area contributed by atoms with E-state index in [4.69, 9.17) is 20.8 Å². The van der Waals surface area contributed by atoms with E-state index in [0.717, 1.165) is 45.0 Å². The molecule has 10 heteroatoms. The first-order chi connectivity index (χ1) is 19.6. The number of nitrogens with one attached hydrogen (secondary N) is 1. The average Bonchev–Trinajstić information content (AvgIpc) is 3.67. The smallest absolute Gasteiger partial charge is 0.300 e. The van der Waals surface area contributed by atoms with E-state index in [9.17, 15) is 4.79 Å². The van der Waals surface area contributed by atoms with Crippen LogP contribution in [0.25, 0.3) is 31.9 Å². The Balaban J connectivity index is 1.11. The van der Waals surface area contributed by atoms with Crippen LogP contribution in [0.3, 0.4) is 0 Å². The van der Waals surface area contributed by atoms with Gasteiger partial charge in [0.05, 0.1) is 20.8 Å². The number of oxazole rings is 1.